The molecule has 0 aliphatic heterocycles. The number of methoxy groups -OCH3 is 1. The van der Waals surface area contributed by atoms with E-state index in [-0.39, 0.29) is 5.91 Å². The van der Waals surface area contributed by atoms with E-state index in [1.54, 1.807) is 24.5 Å². The molecule has 2 aromatic heterocycles. The minimum atomic E-state index is -0.144. The third-order valence-electron chi connectivity index (χ3n) is 3.73. The molecule has 1 N–H and O–H groups in total. The molecule has 0 unspecified atom stereocenters. The molecule has 2 heterocycles. The highest BCUT2D eigenvalue weighted by Crippen LogP contribution is 2.35. The van der Waals surface area contributed by atoms with Crippen LogP contribution in [0.4, 0.5) is 5.69 Å². The number of carbonyl (C=O) groups excluding carboxylic acids is 1. The molecule has 0 saturated carbocycles. The molecule has 4 nitrogen and oxygen atoms in total. The zero-order chi connectivity index (χ0) is 17.2. The Hall–Kier alpha value is -2.70. The van der Waals surface area contributed by atoms with E-state index in [2.05, 4.69) is 16.4 Å². The number of ether oxygens (including phenoxy) is 1. The number of nitrogens with one attached hydrogen (secondary N) is 1. The zero-order valence-electron chi connectivity index (χ0n) is 13.4. The lowest BCUT2D eigenvalue weighted by Crippen LogP contribution is -2.11. The maximum Gasteiger partial charge on any atom is 0.265 e. The Morgan fingerprint density at radius 3 is 2.76 bits per heavy atom. The van der Waals surface area contributed by atoms with Crippen LogP contribution < -0.4 is 10.1 Å². The second kappa shape index (κ2) is 6.66. The van der Waals surface area contributed by atoms with Crippen LogP contribution in [0.5, 0.6) is 5.75 Å². The molecule has 0 radical (unpaired) electrons. The number of aromatic nitrogens is 1. The summed E-state index contributed by atoms with van der Waals surface area (Å²) >= 11 is 3.03. The van der Waals surface area contributed by atoms with E-state index in [1.807, 2.05) is 47.8 Å². The maximum atomic E-state index is 12.4. The summed E-state index contributed by atoms with van der Waals surface area (Å²) < 4.78 is 6.52. The Bertz CT molecular complexity index is 1010. The highest BCUT2D eigenvalue weighted by atomic mass is 32.1. The van der Waals surface area contributed by atoms with Gasteiger partial charge in [0, 0.05) is 5.56 Å². The monoisotopic (exact) mass is 366 g/mol. The molecule has 6 heteroatoms. The van der Waals surface area contributed by atoms with Gasteiger partial charge in [-0.05, 0) is 41.8 Å². The number of hydrogen-bond acceptors (Lipinski definition) is 5. The van der Waals surface area contributed by atoms with Crippen molar-refractivity contribution in [2.75, 3.05) is 12.4 Å². The number of thiazole rings is 1. The number of carbonyl (C=O) groups is 1. The summed E-state index contributed by atoms with van der Waals surface area (Å²) in [6.07, 6.45) is 0. The second-order valence-electron chi connectivity index (χ2n) is 5.33. The number of nitrogens with zero attached hydrogens (tertiary/aromatic N) is 1. The predicted molar refractivity (Wildman–Crippen MR) is 104 cm³/mol. The van der Waals surface area contributed by atoms with Crippen molar-refractivity contribution in [1.29, 1.82) is 0 Å². The fourth-order valence-electron chi connectivity index (χ4n) is 2.53. The average Bonchev–Trinajstić information content (AvgIpc) is 3.31. The van der Waals surface area contributed by atoms with Crippen molar-refractivity contribution in [3.8, 4) is 16.3 Å². The predicted octanol–water partition coefficient (Wildman–Crippen LogP) is 5.29. The van der Waals surface area contributed by atoms with Crippen LogP contribution in [-0.2, 0) is 0 Å². The number of rotatable bonds is 4. The third kappa shape index (κ3) is 3.14. The van der Waals surface area contributed by atoms with Gasteiger partial charge in [-0.3, -0.25) is 4.79 Å². The molecule has 0 aliphatic carbocycles. The lowest BCUT2D eigenvalue weighted by Gasteiger charge is -2.11. The van der Waals surface area contributed by atoms with E-state index in [0.717, 1.165) is 20.8 Å². The van der Waals surface area contributed by atoms with Crippen LogP contribution in [0.2, 0.25) is 0 Å². The van der Waals surface area contributed by atoms with Gasteiger partial charge in [-0.25, -0.2) is 4.98 Å². The second-order valence-corrected chi connectivity index (χ2v) is 7.31. The number of para-hydroxylation sites is 1. The van der Waals surface area contributed by atoms with Gasteiger partial charge in [-0.2, -0.15) is 0 Å². The van der Waals surface area contributed by atoms with Crippen molar-refractivity contribution in [2.24, 2.45) is 0 Å². The molecular weight excluding hydrogens is 352 g/mol. The summed E-state index contributed by atoms with van der Waals surface area (Å²) in [6, 6.07) is 17.4. The standard InChI is InChI=1S/C19H14N2O2S2/c1-23-15-9-8-12(19-21-13-5-2-3-6-16(13)25-19)11-14(15)20-18(22)17-7-4-10-24-17/h2-11H,1H3,(H,20,22). The highest BCUT2D eigenvalue weighted by molar-refractivity contribution is 7.21. The summed E-state index contributed by atoms with van der Waals surface area (Å²) in [5.74, 6) is 0.476. The van der Waals surface area contributed by atoms with E-state index in [4.69, 9.17) is 4.74 Å². The van der Waals surface area contributed by atoms with E-state index < -0.39 is 0 Å². The largest absolute Gasteiger partial charge is 0.495 e. The summed E-state index contributed by atoms with van der Waals surface area (Å²) in [5, 5.41) is 5.72. The van der Waals surface area contributed by atoms with Crippen LogP contribution in [0, 0.1) is 0 Å². The first-order valence-electron chi connectivity index (χ1n) is 7.63. The fourth-order valence-corrected chi connectivity index (χ4v) is 4.11. The van der Waals surface area contributed by atoms with Crippen molar-refractivity contribution in [3.05, 3.63) is 64.9 Å². The van der Waals surface area contributed by atoms with Crippen molar-refractivity contribution in [3.63, 3.8) is 0 Å². The molecule has 4 rings (SSSR count). The van der Waals surface area contributed by atoms with Crippen LogP contribution >= 0.6 is 22.7 Å². The smallest absolute Gasteiger partial charge is 0.265 e. The Balaban J connectivity index is 1.71. The van der Waals surface area contributed by atoms with Gasteiger partial charge in [0.05, 0.1) is 27.9 Å². The Morgan fingerprint density at radius 1 is 1.12 bits per heavy atom. The molecule has 124 valence electrons. The average molecular weight is 366 g/mol. The van der Waals surface area contributed by atoms with Crippen molar-refractivity contribution in [2.45, 2.75) is 0 Å². The lowest BCUT2D eigenvalue weighted by atomic mass is 10.2. The molecule has 0 aliphatic rings. The van der Waals surface area contributed by atoms with Gasteiger partial charge in [0.15, 0.2) is 0 Å². The summed E-state index contributed by atoms with van der Waals surface area (Å²) in [4.78, 5) is 17.7. The molecule has 25 heavy (non-hydrogen) atoms. The van der Waals surface area contributed by atoms with Gasteiger partial charge < -0.3 is 10.1 Å². The molecule has 4 aromatic rings. The number of amides is 1. The molecule has 1 amide bonds. The van der Waals surface area contributed by atoms with E-state index in [1.165, 1.54) is 11.3 Å². The minimum Gasteiger partial charge on any atom is -0.495 e. The van der Waals surface area contributed by atoms with Gasteiger partial charge >= 0.3 is 0 Å². The molecule has 0 fully saturated rings. The van der Waals surface area contributed by atoms with Crippen LogP contribution in [0.15, 0.2) is 60.0 Å². The molecule has 0 spiro atoms. The Morgan fingerprint density at radius 2 is 2.00 bits per heavy atom. The normalized spacial score (nSPS) is 10.8. The first-order chi connectivity index (χ1) is 12.2. The first kappa shape index (κ1) is 15.8. The third-order valence-corrected chi connectivity index (χ3v) is 5.69. The number of anilines is 1. The van der Waals surface area contributed by atoms with Crippen LogP contribution in [0.25, 0.3) is 20.8 Å². The fraction of sp³-hybridized carbons (Fsp3) is 0.0526. The van der Waals surface area contributed by atoms with Gasteiger partial charge in [0.25, 0.3) is 5.91 Å². The summed E-state index contributed by atoms with van der Waals surface area (Å²) in [5.41, 5.74) is 2.56. The molecule has 0 atom stereocenters. The number of thiophene rings is 1. The van der Waals surface area contributed by atoms with E-state index >= 15 is 0 Å². The van der Waals surface area contributed by atoms with E-state index in [9.17, 15) is 4.79 Å². The number of fused-ring (bicyclic) bond motifs is 1. The van der Waals surface area contributed by atoms with Gasteiger partial charge in [0.1, 0.15) is 10.8 Å². The molecule has 2 aromatic carbocycles. The lowest BCUT2D eigenvalue weighted by molar-refractivity contribution is 0.103. The SMILES string of the molecule is COc1ccc(-c2nc3ccccc3s2)cc1NC(=O)c1cccs1. The zero-order valence-corrected chi connectivity index (χ0v) is 15.0. The topological polar surface area (TPSA) is 51.2 Å². The first-order valence-corrected chi connectivity index (χ1v) is 9.33. The quantitative estimate of drug-likeness (QED) is 0.534. The van der Waals surface area contributed by atoms with Crippen LogP contribution in [0.1, 0.15) is 9.67 Å². The highest BCUT2D eigenvalue weighted by Gasteiger charge is 2.13. The van der Waals surface area contributed by atoms with E-state index in [0.29, 0.717) is 16.3 Å². The van der Waals surface area contributed by atoms with Crippen molar-refractivity contribution >= 4 is 44.5 Å². The van der Waals surface area contributed by atoms with Crippen molar-refractivity contribution < 1.29 is 9.53 Å². The number of hydrogen-bond donors (Lipinski definition) is 1. The molecule has 0 saturated heterocycles. The molecule has 0 bridgehead atoms. The van der Waals surface area contributed by atoms with Crippen LogP contribution in [-0.4, -0.2) is 18.0 Å². The Kier molecular flexibility index (Phi) is 4.21. The Labute approximate surface area is 152 Å². The maximum absolute atomic E-state index is 12.4. The minimum absolute atomic E-state index is 0.144. The number of benzene rings is 2. The summed E-state index contributed by atoms with van der Waals surface area (Å²) in [7, 11) is 1.59. The van der Waals surface area contributed by atoms with Crippen LogP contribution in [0.3, 0.4) is 0 Å². The molecular formula is C19H14N2O2S2. The van der Waals surface area contributed by atoms with Crippen molar-refractivity contribution in [1.82, 2.24) is 4.98 Å². The van der Waals surface area contributed by atoms with Gasteiger partial charge in [-0.1, -0.05) is 18.2 Å². The van der Waals surface area contributed by atoms with Gasteiger partial charge in [-0.15, -0.1) is 22.7 Å². The summed E-state index contributed by atoms with van der Waals surface area (Å²) in [6.45, 7) is 0. The van der Waals surface area contributed by atoms with Gasteiger partial charge in [0.2, 0.25) is 0 Å².